The van der Waals surface area contributed by atoms with E-state index in [1.807, 2.05) is 50.2 Å². The van der Waals surface area contributed by atoms with E-state index in [1.165, 1.54) is 0 Å². The van der Waals surface area contributed by atoms with Crippen molar-refractivity contribution >= 4 is 22.6 Å². The molecule has 0 aliphatic carbocycles. The molecule has 1 atom stereocenters. The van der Waals surface area contributed by atoms with Crippen LogP contribution in [0.1, 0.15) is 25.1 Å². The van der Waals surface area contributed by atoms with Gasteiger partial charge in [0.25, 0.3) is 0 Å². The molecule has 1 aliphatic rings. The van der Waals surface area contributed by atoms with Gasteiger partial charge in [-0.05, 0) is 32.0 Å². The molecule has 1 amide bonds. The molecule has 1 aliphatic heterocycles. The number of nitrogens with one attached hydrogen (secondary N) is 1. The monoisotopic (exact) mass is 352 g/mol. The maximum absolute atomic E-state index is 12.6. The molecular formula is C20H20N2O4. The summed E-state index contributed by atoms with van der Waals surface area (Å²) in [4.78, 5) is 12.6. The van der Waals surface area contributed by atoms with Gasteiger partial charge in [-0.2, -0.15) is 0 Å². The van der Waals surface area contributed by atoms with E-state index >= 15 is 0 Å². The van der Waals surface area contributed by atoms with Crippen molar-refractivity contribution in [2.45, 2.75) is 32.8 Å². The highest BCUT2D eigenvalue weighted by atomic mass is 16.5. The Labute approximate surface area is 151 Å². The number of carbonyl (C=O) groups is 1. The van der Waals surface area contributed by atoms with Crippen LogP contribution in [0.2, 0.25) is 0 Å². The normalized spacial score (nSPS) is 15.5. The Balaban J connectivity index is 1.56. The number of benzene rings is 2. The summed E-state index contributed by atoms with van der Waals surface area (Å²) in [5.41, 5.74) is 2.99. The van der Waals surface area contributed by atoms with Gasteiger partial charge in [0.05, 0.1) is 18.7 Å². The van der Waals surface area contributed by atoms with Crippen molar-refractivity contribution in [1.82, 2.24) is 5.16 Å². The summed E-state index contributed by atoms with van der Waals surface area (Å²) in [6.07, 6.45) is 1.10. The van der Waals surface area contributed by atoms with Crippen LogP contribution in [-0.4, -0.2) is 23.8 Å². The van der Waals surface area contributed by atoms with Gasteiger partial charge in [0, 0.05) is 23.4 Å². The zero-order valence-electron chi connectivity index (χ0n) is 14.7. The van der Waals surface area contributed by atoms with Crippen molar-refractivity contribution in [2.24, 2.45) is 0 Å². The molecule has 6 nitrogen and oxygen atoms in total. The fourth-order valence-electron chi connectivity index (χ4n) is 3.22. The van der Waals surface area contributed by atoms with Crippen LogP contribution >= 0.6 is 0 Å². The lowest BCUT2D eigenvalue weighted by atomic mass is 10.1. The summed E-state index contributed by atoms with van der Waals surface area (Å²) < 4.78 is 16.8. The minimum absolute atomic E-state index is 0.122. The lowest BCUT2D eigenvalue weighted by molar-refractivity contribution is -0.115. The molecule has 0 saturated carbocycles. The third-order valence-corrected chi connectivity index (χ3v) is 4.35. The second-order valence-electron chi connectivity index (χ2n) is 6.37. The number of para-hydroxylation sites is 1. The Hall–Kier alpha value is -3.02. The van der Waals surface area contributed by atoms with Crippen LogP contribution in [0, 0.1) is 0 Å². The molecule has 0 fully saturated rings. The van der Waals surface area contributed by atoms with Crippen LogP contribution in [0.3, 0.4) is 0 Å². The molecule has 134 valence electrons. The highest BCUT2D eigenvalue weighted by Gasteiger charge is 2.23. The molecule has 0 bridgehead atoms. The minimum atomic E-state index is -0.184. The van der Waals surface area contributed by atoms with E-state index in [-0.39, 0.29) is 18.4 Å². The molecule has 3 aromatic rings. The Morgan fingerprint density at radius 2 is 2.19 bits per heavy atom. The third kappa shape index (κ3) is 3.10. The largest absolute Gasteiger partial charge is 0.492 e. The quantitative estimate of drug-likeness (QED) is 0.757. The SMILES string of the molecule is CCOc1cc2c(cc1NC(=O)Cc1noc3ccccc13)O[C@H](C)C2. The number of carbonyl (C=O) groups excluding carboxylic acids is 1. The van der Waals surface area contributed by atoms with Crippen LogP contribution < -0.4 is 14.8 Å². The molecule has 6 heteroatoms. The van der Waals surface area contributed by atoms with Crippen molar-refractivity contribution < 1.29 is 18.8 Å². The fourth-order valence-corrected chi connectivity index (χ4v) is 3.22. The first-order valence-corrected chi connectivity index (χ1v) is 8.73. The number of ether oxygens (including phenoxy) is 2. The Bertz CT molecular complexity index is 964. The molecule has 1 N–H and O–H groups in total. The maximum Gasteiger partial charge on any atom is 0.230 e. The van der Waals surface area contributed by atoms with E-state index in [0.29, 0.717) is 29.3 Å². The van der Waals surface area contributed by atoms with Crippen LogP contribution in [0.15, 0.2) is 40.9 Å². The number of rotatable bonds is 5. The van der Waals surface area contributed by atoms with E-state index in [4.69, 9.17) is 14.0 Å². The van der Waals surface area contributed by atoms with Crippen LogP contribution in [0.4, 0.5) is 5.69 Å². The molecule has 26 heavy (non-hydrogen) atoms. The number of anilines is 1. The predicted octanol–water partition coefficient (Wildman–Crippen LogP) is 3.73. The lowest BCUT2D eigenvalue weighted by Gasteiger charge is -2.13. The Morgan fingerprint density at radius 3 is 3.04 bits per heavy atom. The number of fused-ring (bicyclic) bond motifs is 2. The van der Waals surface area contributed by atoms with E-state index in [2.05, 4.69) is 10.5 Å². The van der Waals surface area contributed by atoms with Gasteiger partial charge in [-0.1, -0.05) is 17.3 Å². The average Bonchev–Trinajstić information content (AvgIpc) is 3.18. The molecule has 1 aromatic heterocycles. The average molecular weight is 352 g/mol. The molecule has 0 radical (unpaired) electrons. The predicted molar refractivity (Wildman–Crippen MR) is 97.7 cm³/mol. The molecule has 0 saturated heterocycles. The smallest absolute Gasteiger partial charge is 0.230 e. The first kappa shape index (κ1) is 16.4. The van der Waals surface area contributed by atoms with Crippen molar-refractivity contribution in [1.29, 1.82) is 0 Å². The number of nitrogens with zero attached hydrogens (tertiary/aromatic N) is 1. The zero-order valence-corrected chi connectivity index (χ0v) is 14.7. The summed E-state index contributed by atoms with van der Waals surface area (Å²) in [6.45, 7) is 4.46. The third-order valence-electron chi connectivity index (χ3n) is 4.35. The van der Waals surface area contributed by atoms with E-state index in [0.717, 1.165) is 23.1 Å². The Morgan fingerprint density at radius 1 is 1.35 bits per heavy atom. The van der Waals surface area contributed by atoms with Gasteiger partial charge in [-0.3, -0.25) is 4.79 Å². The summed E-state index contributed by atoms with van der Waals surface area (Å²) in [7, 11) is 0. The van der Waals surface area contributed by atoms with Crippen molar-refractivity contribution in [3.05, 3.63) is 47.7 Å². The summed E-state index contributed by atoms with van der Waals surface area (Å²) in [5, 5.41) is 7.78. The summed E-state index contributed by atoms with van der Waals surface area (Å²) >= 11 is 0. The maximum atomic E-state index is 12.6. The molecule has 2 heterocycles. The second kappa shape index (κ2) is 6.71. The zero-order chi connectivity index (χ0) is 18.1. The highest BCUT2D eigenvalue weighted by Crippen LogP contribution is 2.38. The lowest BCUT2D eigenvalue weighted by Crippen LogP contribution is -2.15. The minimum Gasteiger partial charge on any atom is -0.492 e. The van der Waals surface area contributed by atoms with Crippen molar-refractivity contribution in [3.8, 4) is 11.5 Å². The number of hydrogen-bond donors (Lipinski definition) is 1. The number of aromatic nitrogens is 1. The number of amides is 1. The van der Waals surface area contributed by atoms with Crippen LogP contribution in [0.25, 0.3) is 11.0 Å². The molecule has 4 rings (SSSR count). The van der Waals surface area contributed by atoms with Gasteiger partial charge in [0.1, 0.15) is 23.3 Å². The van der Waals surface area contributed by atoms with Gasteiger partial charge in [0.2, 0.25) is 5.91 Å². The first-order chi connectivity index (χ1) is 12.6. The standard InChI is InChI=1S/C20H20N2O4/c1-3-24-19-9-13-8-12(2)25-18(13)10-16(19)21-20(23)11-15-14-6-4-5-7-17(14)26-22-15/h4-7,9-10,12H,3,8,11H2,1-2H3,(H,21,23)/t12-/m1/s1. The Kier molecular flexibility index (Phi) is 4.24. The second-order valence-corrected chi connectivity index (χ2v) is 6.37. The fraction of sp³-hybridized carbons (Fsp3) is 0.300. The van der Waals surface area contributed by atoms with Crippen LogP contribution in [0.5, 0.6) is 11.5 Å². The summed E-state index contributed by atoms with van der Waals surface area (Å²) in [6, 6.07) is 11.3. The molecular weight excluding hydrogens is 332 g/mol. The van der Waals surface area contributed by atoms with Gasteiger partial charge in [0.15, 0.2) is 5.58 Å². The molecule has 0 unspecified atom stereocenters. The molecule has 2 aromatic carbocycles. The van der Waals surface area contributed by atoms with Crippen molar-refractivity contribution in [3.63, 3.8) is 0 Å². The first-order valence-electron chi connectivity index (χ1n) is 8.73. The summed E-state index contributed by atoms with van der Waals surface area (Å²) in [5.74, 6) is 1.27. The highest BCUT2D eigenvalue weighted by molar-refractivity contribution is 5.96. The van der Waals surface area contributed by atoms with E-state index < -0.39 is 0 Å². The van der Waals surface area contributed by atoms with Gasteiger partial charge >= 0.3 is 0 Å². The van der Waals surface area contributed by atoms with Gasteiger partial charge in [-0.25, -0.2) is 0 Å². The topological polar surface area (TPSA) is 73.6 Å². The van der Waals surface area contributed by atoms with Gasteiger partial charge in [-0.15, -0.1) is 0 Å². The van der Waals surface area contributed by atoms with Crippen LogP contribution in [-0.2, 0) is 17.6 Å². The van der Waals surface area contributed by atoms with Gasteiger partial charge < -0.3 is 19.3 Å². The number of hydrogen-bond acceptors (Lipinski definition) is 5. The van der Waals surface area contributed by atoms with Crippen molar-refractivity contribution in [2.75, 3.05) is 11.9 Å². The van der Waals surface area contributed by atoms with E-state index in [9.17, 15) is 4.79 Å². The van der Waals surface area contributed by atoms with E-state index in [1.54, 1.807) is 0 Å². The molecule has 0 spiro atoms.